The van der Waals surface area contributed by atoms with Crippen molar-refractivity contribution in [1.82, 2.24) is 4.57 Å². The average Bonchev–Trinajstić information content (AvgIpc) is 2.98. The molecule has 0 saturated heterocycles. The summed E-state index contributed by atoms with van der Waals surface area (Å²) in [6.07, 6.45) is 0. The van der Waals surface area contributed by atoms with Crippen LogP contribution in [0, 0.1) is 0 Å². The lowest BCUT2D eigenvalue weighted by Gasteiger charge is -2.08. The summed E-state index contributed by atoms with van der Waals surface area (Å²) >= 11 is 0. The van der Waals surface area contributed by atoms with E-state index < -0.39 is 0 Å². The van der Waals surface area contributed by atoms with E-state index in [1.165, 1.54) is 21.8 Å². The first-order valence-electron chi connectivity index (χ1n) is 8.07. The topological polar surface area (TPSA) is 25.2 Å². The molecule has 0 amide bonds. The molecule has 0 radical (unpaired) electrons. The Bertz CT molecular complexity index is 866. The van der Waals surface area contributed by atoms with Crippen molar-refractivity contribution in [3.63, 3.8) is 0 Å². The molecule has 3 aromatic carbocycles. The quantitative estimate of drug-likeness (QED) is 0.534. The van der Waals surface area contributed by atoms with Crippen LogP contribution in [0.3, 0.4) is 0 Å². The molecule has 0 fully saturated rings. The zero-order valence-corrected chi connectivity index (χ0v) is 13.5. The summed E-state index contributed by atoms with van der Waals surface area (Å²) in [4.78, 5) is 0. The maximum Gasteiger partial charge on any atom is 0.0681 e. The van der Waals surface area contributed by atoms with Crippen LogP contribution in [0.5, 0.6) is 0 Å². The summed E-state index contributed by atoms with van der Waals surface area (Å²) in [5, 5.41) is 11.7. The van der Waals surface area contributed by atoms with E-state index in [4.69, 9.17) is 0 Å². The number of hydrogen-bond donors (Lipinski definition) is 1. The summed E-state index contributed by atoms with van der Waals surface area (Å²) in [7, 11) is 0. The average molecular weight is 303 g/mol. The van der Waals surface area contributed by atoms with Crippen molar-refractivity contribution in [3.05, 3.63) is 78.4 Å². The molecule has 1 aromatic heterocycles. The van der Waals surface area contributed by atoms with Crippen molar-refractivity contribution in [3.8, 4) is 5.69 Å². The lowest BCUT2D eigenvalue weighted by Crippen LogP contribution is -1.94. The highest BCUT2D eigenvalue weighted by Gasteiger charge is 2.10. The first-order valence-corrected chi connectivity index (χ1v) is 8.07. The van der Waals surface area contributed by atoms with E-state index in [1.54, 1.807) is 0 Å². The van der Waals surface area contributed by atoms with E-state index in [2.05, 4.69) is 65.2 Å². The summed E-state index contributed by atoms with van der Waals surface area (Å²) in [6.45, 7) is 4.08. The fourth-order valence-electron chi connectivity index (χ4n) is 2.95. The minimum Gasteiger partial charge on any atom is -0.392 e. The van der Waals surface area contributed by atoms with Gasteiger partial charge in [0.15, 0.2) is 0 Å². The van der Waals surface area contributed by atoms with E-state index in [-0.39, 0.29) is 6.61 Å². The molecule has 2 nitrogen and oxygen atoms in total. The lowest BCUT2D eigenvalue weighted by molar-refractivity contribution is 0.282. The molecule has 0 atom stereocenters. The van der Waals surface area contributed by atoms with Crippen LogP contribution in [0.1, 0.15) is 19.4 Å². The molecule has 1 N–H and O–H groups in total. The third-order valence-electron chi connectivity index (χ3n) is 3.96. The number of aliphatic hydroxyl groups excluding tert-OH is 1. The van der Waals surface area contributed by atoms with Crippen molar-refractivity contribution in [2.45, 2.75) is 20.5 Å². The van der Waals surface area contributed by atoms with Crippen LogP contribution in [-0.2, 0) is 6.61 Å². The predicted octanol–water partition coefficient (Wildman–Crippen LogP) is 5.30. The van der Waals surface area contributed by atoms with Crippen molar-refractivity contribution >= 4 is 21.8 Å². The molecule has 116 valence electrons. The second-order valence-electron chi connectivity index (χ2n) is 5.19. The van der Waals surface area contributed by atoms with Crippen LogP contribution in [0.25, 0.3) is 27.5 Å². The highest BCUT2D eigenvalue weighted by molar-refractivity contribution is 6.09. The van der Waals surface area contributed by atoms with Crippen molar-refractivity contribution in [2.24, 2.45) is 0 Å². The maximum atomic E-state index is 9.20. The number of benzene rings is 3. The van der Waals surface area contributed by atoms with Crippen LogP contribution >= 0.6 is 0 Å². The van der Waals surface area contributed by atoms with Crippen molar-refractivity contribution < 1.29 is 5.11 Å². The molecule has 0 aliphatic carbocycles. The zero-order chi connectivity index (χ0) is 16.2. The maximum absolute atomic E-state index is 9.20. The minimum absolute atomic E-state index is 0.0768. The standard InChI is InChI=1S/C19H15NO.C2H6/c21-13-14-9-11-15(12-10-14)20-18-7-3-1-5-16(18)17-6-2-4-8-19(17)20;1-2/h1-12,21H,13H2;1-2H3. The highest BCUT2D eigenvalue weighted by Crippen LogP contribution is 2.31. The molecule has 4 aromatic rings. The lowest BCUT2D eigenvalue weighted by atomic mass is 10.2. The molecular formula is C21H21NO. The number of fused-ring (bicyclic) bond motifs is 3. The van der Waals surface area contributed by atoms with E-state index in [0.29, 0.717) is 0 Å². The number of para-hydroxylation sites is 2. The van der Waals surface area contributed by atoms with Crippen LogP contribution in [0.2, 0.25) is 0 Å². The van der Waals surface area contributed by atoms with Crippen LogP contribution in [-0.4, -0.2) is 9.67 Å². The van der Waals surface area contributed by atoms with E-state index in [1.807, 2.05) is 26.0 Å². The number of aliphatic hydroxyl groups is 1. The SMILES string of the molecule is CC.OCc1ccc(-n2c3ccccc3c3ccccc32)cc1. The Labute approximate surface area is 136 Å². The molecule has 23 heavy (non-hydrogen) atoms. The molecule has 0 aliphatic rings. The van der Waals surface area contributed by atoms with Gasteiger partial charge in [0.2, 0.25) is 0 Å². The Kier molecular flexibility index (Phi) is 4.45. The fourth-order valence-corrected chi connectivity index (χ4v) is 2.95. The Morgan fingerprint density at radius 3 is 1.65 bits per heavy atom. The molecular weight excluding hydrogens is 282 g/mol. The van der Waals surface area contributed by atoms with Gasteiger partial charge in [-0.15, -0.1) is 0 Å². The van der Waals surface area contributed by atoms with Crippen LogP contribution in [0.15, 0.2) is 72.8 Å². The van der Waals surface area contributed by atoms with Gasteiger partial charge < -0.3 is 9.67 Å². The molecule has 0 unspecified atom stereocenters. The summed E-state index contributed by atoms with van der Waals surface area (Å²) < 4.78 is 2.27. The highest BCUT2D eigenvalue weighted by atomic mass is 16.3. The van der Waals surface area contributed by atoms with Crippen molar-refractivity contribution in [1.29, 1.82) is 0 Å². The van der Waals surface area contributed by atoms with E-state index in [0.717, 1.165) is 11.3 Å². The molecule has 0 aliphatic heterocycles. The Balaban J connectivity index is 0.000000753. The summed E-state index contributed by atoms with van der Waals surface area (Å²) in [5.41, 5.74) is 4.45. The Morgan fingerprint density at radius 1 is 0.696 bits per heavy atom. The van der Waals surface area contributed by atoms with Crippen LogP contribution in [0.4, 0.5) is 0 Å². The van der Waals surface area contributed by atoms with Gasteiger partial charge in [-0.05, 0) is 29.8 Å². The smallest absolute Gasteiger partial charge is 0.0681 e. The monoisotopic (exact) mass is 303 g/mol. The van der Waals surface area contributed by atoms with Crippen LogP contribution < -0.4 is 0 Å². The number of aromatic nitrogens is 1. The number of nitrogens with zero attached hydrogens (tertiary/aromatic N) is 1. The second-order valence-corrected chi connectivity index (χ2v) is 5.19. The first kappa shape index (κ1) is 15.3. The molecule has 0 bridgehead atoms. The van der Waals surface area contributed by atoms with Gasteiger partial charge in [0.25, 0.3) is 0 Å². The molecule has 1 heterocycles. The fraction of sp³-hybridized carbons (Fsp3) is 0.143. The molecule has 4 rings (SSSR count). The number of hydrogen-bond acceptors (Lipinski definition) is 1. The summed E-state index contributed by atoms with van der Waals surface area (Å²) in [5.74, 6) is 0. The van der Waals surface area contributed by atoms with E-state index in [9.17, 15) is 5.11 Å². The van der Waals surface area contributed by atoms with Gasteiger partial charge in [0.05, 0.1) is 17.6 Å². The van der Waals surface area contributed by atoms with E-state index >= 15 is 0 Å². The second kappa shape index (κ2) is 6.67. The van der Waals surface area contributed by atoms with Crippen molar-refractivity contribution in [2.75, 3.05) is 0 Å². The van der Waals surface area contributed by atoms with Gasteiger partial charge in [-0.1, -0.05) is 62.4 Å². The molecule has 0 saturated carbocycles. The summed E-state index contributed by atoms with van der Waals surface area (Å²) in [6, 6.07) is 25.0. The van der Waals surface area contributed by atoms with Gasteiger partial charge in [0, 0.05) is 16.5 Å². The first-order chi connectivity index (χ1) is 11.4. The Morgan fingerprint density at radius 2 is 1.17 bits per heavy atom. The van der Waals surface area contributed by atoms with Gasteiger partial charge >= 0.3 is 0 Å². The van der Waals surface area contributed by atoms with Gasteiger partial charge in [-0.2, -0.15) is 0 Å². The number of rotatable bonds is 2. The normalized spacial score (nSPS) is 10.6. The van der Waals surface area contributed by atoms with Gasteiger partial charge in [-0.25, -0.2) is 0 Å². The van der Waals surface area contributed by atoms with Gasteiger partial charge in [0.1, 0.15) is 0 Å². The third kappa shape index (κ3) is 2.62. The largest absolute Gasteiger partial charge is 0.392 e. The Hall–Kier alpha value is -2.58. The molecule has 0 spiro atoms. The third-order valence-corrected chi connectivity index (χ3v) is 3.96. The molecule has 2 heteroatoms. The minimum atomic E-state index is 0.0768. The zero-order valence-electron chi connectivity index (χ0n) is 13.5. The predicted molar refractivity (Wildman–Crippen MR) is 98.1 cm³/mol. The van der Waals surface area contributed by atoms with Gasteiger partial charge in [-0.3, -0.25) is 0 Å².